The van der Waals surface area contributed by atoms with Gasteiger partial charge in [-0.25, -0.2) is 9.83 Å². The molecule has 0 amide bonds. The van der Waals surface area contributed by atoms with Crippen molar-refractivity contribution in [1.82, 2.24) is 18.7 Å². The molecule has 0 fully saturated rings. The molecule has 0 bridgehead atoms. The number of benzene rings is 7. The van der Waals surface area contributed by atoms with Crippen LogP contribution in [0.25, 0.3) is 98.6 Å². The molecule has 0 aliphatic heterocycles. The Labute approximate surface area is 304 Å². The van der Waals surface area contributed by atoms with E-state index in [0.717, 1.165) is 61.4 Å². The van der Waals surface area contributed by atoms with Crippen LogP contribution in [-0.2, 0) is 0 Å². The molecule has 11 rings (SSSR count). The molecule has 246 valence electrons. The second-order valence-corrected chi connectivity index (χ2v) is 13.5. The number of pyridine rings is 1. The first-order valence-electron chi connectivity index (χ1n) is 17.8. The van der Waals surface area contributed by atoms with Crippen molar-refractivity contribution < 1.29 is 0 Å². The number of fused-ring (bicyclic) bond motifs is 9. The maximum absolute atomic E-state index is 8.59. The van der Waals surface area contributed by atoms with Crippen LogP contribution in [0.5, 0.6) is 0 Å². The quantitative estimate of drug-likeness (QED) is 0.171. The molecule has 4 heterocycles. The summed E-state index contributed by atoms with van der Waals surface area (Å²) >= 11 is 0. The van der Waals surface area contributed by atoms with Crippen LogP contribution < -0.4 is 0 Å². The van der Waals surface area contributed by atoms with Gasteiger partial charge in [0, 0.05) is 38.5 Å². The van der Waals surface area contributed by atoms with E-state index in [1.807, 2.05) is 12.3 Å². The minimum atomic E-state index is 0.575. The van der Waals surface area contributed by atoms with Crippen LogP contribution in [0.1, 0.15) is 0 Å². The van der Waals surface area contributed by atoms with E-state index in [9.17, 15) is 0 Å². The molecule has 0 saturated carbocycles. The van der Waals surface area contributed by atoms with E-state index in [4.69, 9.17) is 11.6 Å². The van der Waals surface area contributed by atoms with E-state index in [1.165, 1.54) is 32.3 Å². The average Bonchev–Trinajstić information content (AvgIpc) is 3.86. The number of rotatable bonds is 4. The molecule has 0 aliphatic carbocycles. The molecule has 5 heteroatoms. The summed E-state index contributed by atoms with van der Waals surface area (Å²) in [5, 5.41) is 7.08. The minimum Gasteiger partial charge on any atom is -0.308 e. The van der Waals surface area contributed by atoms with Gasteiger partial charge in [0.05, 0.1) is 51.0 Å². The van der Waals surface area contributed by atoms with Crippen LogP contribution in [-0.4, -0.2) is 18.7 Å². The zero-order valence-electron chi connectivity index (χ0n) is 28.5. The van der Waals surface area contributed by atoms with Gasteiger partial charge < -0.3 is 9.13 Å². The Bertz CT molecular complexity index is 3150. The van der Waals surface area contributed by atoms with Gasteiger partial charge in [-0.2, -0.15) is 0 Å². The van der Waals surface area contributed by atoms with Gasteiger partial charge >= 0.3 is 0 Å². The van der Waals surface area contributed by atoms with E-state index in [2.05, 4.69) is 182 Å². The Kier molecular flexibility index (Phi) is 6.25. The summed E-state index contributed by atoms with van der Waals surface area (Å²) in [6, 6.07) is 59.7. The molecule has 0 unspecified atom stereocenters. The predicted octanol–water partition coefficient (Wildman–Crippen LogP) is 12.6. The fraction of sp³-hybridized carbons (Fsp3) is 0. The fourth-order valence-corrected chi connectivity index (χ4v) is 8.49. The van der Waals surface area contributed by atoms with Gasteiger partial charge in [-0.15, -0.1) is 0 Å². The second-order valence-electron chi connectivity index (χ2n) is 13.5. The Balaban J connectivity index is 1.25. The summed E-state index contributed by atoms with van der Waals surface area (Å²) in [5.74, 6) is 0.806. The van der Waals surface area contributed by atoms with E-state index >= 15 is 0 Å². The van der Waals surface area contributed by atoms with Crippen LogP contribution in [0.3, 0.4) is 0 Å². The molecule has 5 nitrogen and oxygen atoms in total. The summed E-state index contributed by atoms with van der Waals surface area (Å²) in [6.07, 6.45) is 1.86. The fourth-order valence-electron chi connectivity index (χ4n) is 8.49. The lowest BCUT2D eigenvalue weighted by Crippen LogP contribution is -2.04. The lowest BCUT2D eigenvalue weighted by Gasteiger charge is -2.20. The maximum atomic E-state index is 8.59. The van der Waals surface area contributed by atoms with E-state index in [-0.39, 0.29) is 0 Å². The topological polar surface area (TPSA) is 32.0 Å². The maximum Gasteiger partial charge on any atom is 0.197 e. The third-order valence-electron chi connectivity index (χ3n) is 10.7. The predicted molar refractivity (Wildman–Crippen MR) is 219 cm³/mol. The normalized spacial score (nSPS) is 11.8. The van der Waals surface area contributed by atoms with Gasteiger partial charge in [0.15, 0.2) is 5.69 Å². The molecule has 0 atom stereocenters. The Hall–Kier alpha value is -7.42. The smallest absolute Gasteiger partial charge is 0.197 e. The molecule has 0 N–H and O–H groups in total. The van der Waals surface area contributed by atoms with Gasteiger partial charge in [-0.05, 0) is 71.8 Å². The second kappa shape index (κ2) is 11.3. The summed E-state index contributed by atoms with van der Waals surface area (Å²) in [5.41, 5.74) is 10.9. The van der Waals surface area contributed by atoms with Crippen molar-refractivity contribution in [1.29, 1.82) is 0 Å². The van der Waals surface area contributed by atoms with E-state index in [0.29, 0.717) is 5.69 Å². The molecule has 11 aromatic rings. The first-order valence-corrected chi connectivity index (χ1v) is 17.8. The van der Waals surface area contributed by atoms with Crippen LogP contribution >= 0.6 is 0 Å². The Morgan fingerprint density at radius 1 is 0.396 bits per heavy atom. The highest BCUT2D eigenvalue weighted by atomic mass is 15.1. The van der Waals surface area contributed by atoms with Gasteiger partial charge in [0.2, 0.25) is 0 Å². The monoisotopic (exact) mass is 675 g/mol. The zero-order valence-corrected chi connectivity index (χ0v) is 28.5. The van der Waals surface area contributed by atoms with Crippen LogP contribution in [0.15, 0.2) is 176 Å². The van der Waals surface area contributed by atoms with E-state index < -0.39 is 0 Å². The average molecular weight is 676 g/mol. The number of nitrogens with zero attached hydrogens (tertiary/aromatic N) is 5. The highest BCUT2D eigenvalue weighted by Gasteiger charge is 2.22. The lowest BCUT2D eigenvalue weighted by atomic mass is 10.0. The van der Waals surface area contributed by atoms with Crippen molar-refractivity contribution in [2.24, 2.45) is 0 Å². The summed E-state index contributed by atoms with van der Waals surface area (Å²) in [4.78, 5) is 9.14. The van der Waals surface area contributed by atoms with Crippen molar-refractivity contribution in [2.45, 2.75) is 0 Å². The Morgan fingerprint density at radius 3 is 1.15 bits per heavy atom. The van der Waals surface area contributed by atoms with Crippen LogP contribution in [0.2, 0.25) is 0 Å². The minimum absolute atomic E-state index is 0.575. The summed E-state index contributed by atoms with van der Waals surface area (Å²) < 4.78 is 6.93. The molecular formula is C48H29N5. The highest BCUT2D eigenvalue weighted by Crippen LogP contribution is 2.43. The van der Waals surface area contributed by atoms with Crippen molar-refractivity contribution in [3.05, 3.63) is 187 Å². The molecule has 7 aromatic carbocycles. The third kappa shape index (κ3) is 4.21. The molecule has 4 aromatic heterocycles. The molecule has 0 saturated heterocycles. The molecule has 0 aliphatic rings. The first kappa shape index (κ1) is 29.3. The third-order valence-corrected chi connectivity index (χ3v) is 10.7. The van der Waals surface area contributed by atoms with Gasteiger partial charge in [-0.3, -0.25) is 4.57 Å². The van der Waals surface area contributed by atoms with Crippen molar-refractivity contribution >= 4 is 71.1 Å². The molecule has 0 radical (unpaired) electrons. The summed E-state index contributed by atoms with van der Waals surface area (Å²) in [6.45, 7) is 8.59. The highest BCUT2D eigenvalue weighted by molar-refractivity contribution is 6.12. The van der Waals surface area contributed by atoms with Gasteiger partial charge in [0.25, 0.3) is 0 Å². The largest absolute Gasteiger partial charge is 0.308 e. The van der Waals surface area contributed by atoms with Crippen LogP contribution in [0, 0.1) is 6.57 Å². The molecular weight excluding hydrogens is 647 g/mol. The number of para-hydroxylation sites is 6. The summed E-state index contributed by atoms with van der Waals surface area (Å²) in [7, 11) is 0. The molecule has 0 spiro atoms. The zero-order chi connectivity index (χ0) is 35.0. The van der Waals surface area contributed by atoms with Crippen molar-refractivity contribution in [3.63, 3.8) is 0 Å². The Morgan fingerprint density at radius 2 is 0.755 bits per heavy atom. The van der Waals surface area contributed by atoms with Gasteiger partial charge in [-0.1, -0.05) is 109 Å². The van der Waals surface area contributed by atoms with Crippen LogP contribution in [0.4, 0.5) is 5.69 Å². The number of aromatic nitrogens is 4. The van der Waals surface area contributed by atoms with E-state index in [1.54, 1.807) is 0 Å². The SMILES string of the molecule is [C-]#[N+]c1cc(-n2c3ccccc3c3ccccc32)c(-n2c3ccccc3c3ccccc32)cc1-c1ccnc(-n2c3ccccc3c3ccccc32)c1. The standard InChI is InChI=1S/C48H29N5/c1-49-39-30-47(52-42-22-10-4-16-34(42)35-17-5-11-23-43(35)52)46(51-40-20-8-2-14-32(40)33-15-3-9-21-41(33)51)29-38(39)31-26-27-50-48(28-31)53-44-24-12-6-18-36(44)37-19-7-13-25-45(37)53/h2-30H. The van der Waals surface area contributed by atoms with Crippen molar-refractivity contribution in [3.8, 4) is 28.3 Å². The first-order chi connectivity index (χ1) is 26.3. The molecule has 53 heavy (non-hydrogen) atoms. The lowest BCUT2D eigenvalue weighted by molar-refractivity contribution is 1.08. The number of hydrogen-bond acceptors (Lipinski definition) is 1. The van der Waals surface area contributed by atoms with Gasteiger partial charge in [0.1, 0.15) is 5.82 Å². The number of hydrogen-bond donors (Lipinski definition) is 0. The van der Waals surface area contributed by atoms with Crippen molar-refractivity contribution in [2.75, 3.05) is 0 Å².